The van der Waals surface area contributed by atoms with E-state index in [1.165, 1.54) is 49.2 Å². The number of hydrogen-bond acceptors (Lipinski definition) is 6. The number of nitrogens with two attached hydrogens (primary N) is 1. The Morgan fingerprint density at radius 3 is 2.83 bits per heavy atom. The molecule has 0 bridgehead atoms. The van der Waals surface area contributed by atoms with Crippen LogP contribution < -0.4 is 16.5 Å². The van der Waals surface area contributed by atoms with Gasteiger partial charge in [-0.25, -0.2) is 15.0 Å². The van der Waals surface area contributed by atoms with Crippen molar-refractivity contribution in [2.45, 2.75) is 45.2 Å². The summed E-state index contributed by atoms with van der Waals surface area (Å²) in [7, 11) is 0. The molecule has 0 radical (unpaired) electrons. The second kappa shape index (κ2) is 6.96. The van der Waals surface area contributed by atoms with Gasteiger partial charge in [0.2, 0.25) is 0 Å². The molecule has 3 unspecified atom stereocenters. The first-order valence-corrected chi connectivity index (χ1v) is 11.1. The highest BCUT2D eigenvalue weighted by atomic mass is 15.5. The largest absolute Gasteiger partial charge is 0.384 e. The number of hydrazine groups is 1. The number of nitrogens with one attached hydrogen (secondary N) is 3. The minimum Gasteiger partial charge on any atom is -0.384 e. The van der Waals surface area contributed by atoms with E-state index in [0.29, 0.717) is 5.82 Å². The molecule has 5 N–H and O–H groups in total. The summed E-state index contributed by atoms with van der Waals surface area (Å²) in [5.74, 6) is 3.22. The van der Waals surface area contributed by atoms with Gasteiger partial charge in [0.25, 0.3) is 0 Å². The first-order chi connectivity index (χ1) is 14.6. The molecule has 6 rings (SSSR count). The molecule has 7 heteroatoms. The third kappa shape index (κ3) is 3.13. The second-order valence-corrected chi connectivity index (χ2v) is 9.24. The van der Waals surface area contributed by atoms with Gasteiger partial charge in [-0.05, 0) is 61.3 Å². The maximum atomic E-state index is 6.06. The maximum absolute atomic E-state index is 6.06. The lowest BCUT2D eigenvalue weighted by Gasteiger charge is -2.18. The molecule has 2 fully saturated rings. The highest BCUT2D eigenvalue weighted by Crippen LogP contribution is 2.38. The Balaban J connectivity index is 1.17. The quantitative estimate of drug-likeness (QED) is 0.534. The topological polar surface area (TPSA) is 94.9 Å². The van der Waals surface area contributed by atoms with E-state index in [9.17, 15) is 0 Å². The van der Waals surface area contributed by atoms with Gasteiger partial charge in [-0.1, -0.05) is 18.6 Å². The van der Waals surface area contributed by atoms with E-state index < -0.39 is 0 Å². The van der Waals surface area contributed by atoms with Crippen molar-refractivity contribution in [3.8, 4) is 0 Å². The van der Waals surface area contributed by atoms with E-state index in [1.807, 2.05) is 13.0 Å². The molecular formula is C23H29N7. The van der Waals surface area contributed by atoms with Crippen LogP contribution in [0.3, 0.4) is 0 Å². The fourth-order valence-corrected chi connectivity index (χ4v) is 5.70. The summed E-state index contributed by atoms with van der Waals surface area (Å²) in [5.41, 5.74) is 16.4. The number of H-pyrrole nitrogens is 1. The summed E-state index contributed by atoms with van der Waals surface area (Å²) in [4.78, 5) is 12.2. The van der Waals surface area contributed by atoms with Crippen LogP contribution in [0.25, 0.3) is 11.2 Å². The molecule has 3 aliphatic rings. The molecular weight excluding hydrogens is 374 g/mol. The van der Waals surface area contributed by atoms with Crippen molar-refractivity contribution >= 4 is 22.7 Å². The van der Waals surface area contributed by atoms with Crippen LogP contribution >= 0.6 is 0 Å². The van der Waals surface area contributed by atoms with Gasteiger partial charge in [0.05, 0.1) is 6.04 Å². The summed E-state index contributed by atoms with van der Waals surface area (Å²) in [6.07, 6.45) is 5.19. The molecule has 1 aromatic carbocycles. The maximum Gasteiger partial charge on any atom is 0.160 e. The average molecular weight is 404 g/mol. The van der Waals surface area contributed by atoms with E-state index in [2.05, 4.69) is 48.9 Å². The minimum absolute atomic E-state index is 0.164. The van der Waals surface area contributed by atoms with E-state index in [1.54, 1.807) is 0 Å². The smallest absolute Gasteiger partial charge is 0.160 e. The lowest BCUT2D eigenvalue weighted by Crippen LogP contribution is -2.36. The molecule has 3 aromatic rings. The monoisotopic (exact) mass is 403 g/mol. The third-order valence-corrected chi connectivity index (χ3v) is 7.15. The fraction of sp³-hybridized carbons (Fsp3) is 0.478. The van der Waals surface area contributed by atoms with Crippen molar-refractivity contribution in [3.63, 3.8) is 0 Å². The van der Waals surface area contributed by atoms with Crippen molar-refractivity contribution in [3.05, 3.63) is 46.8 Å². The number of benzene rings is 1. The number of fused-ring (bicyclic) bond motifs is 3. The van der Waals surface area contributed by atoms with Crippen molar-refractivity contribution in [2.24, 2.45) is 11.8 Å². The molecule has 1 saturated heterocycles. The zero-order valence-electron chi connectivity index (χ0n) is 17.4. The number of imidazole rings is 1. The van der Waals surface area contributed by atoms with Crippen LogP contribution in [0.15, 0.2) is 24.3 Å². The van der Waals surface area contributed by atoms with Gasteiger partial charge in [-0.15, -0.1) is 0 Å². The van der Waals surface area contributed by atoms with Crippen molar-refractivity contribution in [1.29, 1.82) is 0 Å². The van der Waals surface area contributed by atoms with Crippen molar-refractivity contribution in [2.75, 3.05) is 24.1 Å². The van der Waals surface area contributed by atoms with Gasteiger partial charge in [-0.3, -0.25) is 5.43 Å². The summed E-state index contributed by atoms with van der Waals surface area (Å²) in [6.45, 7) is 5.26. The standard InChI is InChI=1S/C23H29N7/c1-13-26-22-18(9-21(24)29-23(22)27-13)20-8-17-7-14(5-6-19(17)28-20)10-25-30-11-15-3-2-4-16(15)12-30/h5-7,9,15-16,20,25,28H,2-4,8,10-12H2,1H3,(H3,24,26,27,29). The predicted molar refractivity (Wildman–Crippen MR) is 119 cm³/mol. The molecule has 1 saturated carbocycles. The van der Waals surface area contributed by atoms with E-state index in [4.69, 9.17) is 5.73 Å². The van der Waals surface area contributed by atoms with Crippen LogP contribution in [0.5, 0.6) is 0 Å². The Bertz CT molecular complexity index is 1090. The second-order valence-electron chi connectivity index (χ2n) is 9.24. The normalized spacial score (nSPS) is 25.6. The highest BCUT2D eigenvalue weighted by Gasteiger charge is 2.35. The lowest BCUT2D eigenvalue weighted by atomic mass is 10.0. The Labute approximate surface area is 176 Å². The van der Waals surface area contributed by atoms with Crippen LogP contribution in [0.4, 0.5) is 11.5 Å². The van der Waals surface area contributed by atoms with Crippen molar-refractivity contribution in [1.82, 2.24) is 25.4 Å². The number of nitrogen functional groups attached to an aromatic ring is 1. The predicted octanol–water partition coefficient (Wildman–Crippen LogP) is 3.29. The Morgan fingerprint density at radius 2 is 2.00 bits per heavy atom. The molecule has 30 heavy (non-hydrogen) atoms. The number of rotatable bonds is 4. The van der Waals surface area contributed by atoms with Gasteiger partial charge < -0.3 is 16.0 Å². The number of hydrogen-bond donors (Lipinski definition) is 4. The van der Waals surface area contributed by atoms with E-state index in [0.717, 1.165) is 47.4 Å². The Morgan fingerprint density at radius 1 is 1.17 bits per heavy atom. The molecule has 0 amide bonds. The number of nitrogens with zero attached hydrogens (tertiary/aromatic N) is 3. The number of anilines is 2. The zero-order valence-corrected chi connectivity index (χ0v) is 17.4. The SMILES string of the molecule is Cc1nc2c(C3Cc4cc(CNN5CC6CCCC6C5)ccc4N3)cc(N)nc2[nH]1. The first-order valence-electron chi connectivity index (χ1n) is 11.1. The molecule has 3 atom stereocenters. The fourth-order valence-electron chi connectivity index (χ4n) is 5.70. The van der Waals surface area contributed by atoms with Crippen LogP contribution in [0.2, 0.25) is 0 Å². The molecule has 1 aliphatic carbocycles. The molecule has 2 aromatic heterocycles. The van der Waals surface area contributed by atoms with Crippen LogP contribution in [0, 0.1) is 18.8 Å². The van der Waals surface area contributed by atoms with Crippen molar-refractivity contribution < 1.29 is 0 Å². The summed E-state index contributed by atoms with van der Waals surface area (Å²) < 4.78 is 0. The Hall–Kier alpha value is -2.64. The molecule has 156 valence electrons. The summed E-state index contributed by atoms with van der Waals surface area (Å²) in [5, 5.41) is 6.11. The van der Waals surface area contributed by atoms with Crippen LogP contribution in [-0.4, -0.2) is 33.1 Å². The van der Waals surface area contributed by atoms with Crippen LogP contribution in [0.1, 0.15) is 47.8 Å². The van der Waals surface area contributed by atoms with Gasteiger partial charge in [0, 0.05) is 30.9 Å². The van der Waals surface area contributed by atoms with E-state index in [-0.39, 0.29) is 6.04 Å². The average Bonchev–Trinajstić information content (AvgIpc) is 3.46. The highest BCUT2D eigenvalue weighted by molar-refractivity contribution is 5.79. The molecule has 4 heterocycles. The number of aromatic amines is 1. The van der Waals surface area contributed by atoms with E-state index >= 15 is 0 Å². The first kappa shape index (κ1) is 18.2. The van der Waals surface area contributed by atoms with Gasteiger partial charge >= 0.3 is 0 Å². The van der Waals surface area contributed by atoms with Gasteiger partial charge in [0.1, 0.15) is 17.2 Å². The minimum atomic E-state index is 0.164. The number of pyridine rings is 1. The summed E-state index contributed by atoms with van der Waals surface area (Å²) in [6, 6.07) is 8.90. The van der Waals surface area contributed by atoms with Crippen LogP contribution in [-0.2, 0) is 13.0 Å². The summed E-state index contributed by atoms with van der Waals surface area (Å²) >= 11 is 0. The number of aromatic nitrogens is 3. The lowest BCUT2D eigenvalue weighted by molar-refractivity contribution is 0.213. The molecule has 2 aliphatic heterocycles. The van der Waals surface area contributed by atoms with Gasteiger partial charge in [0.15, 0.2) is 5.65 Å². The molecule has 7 nitrogen and oxygen atoms in total. The Kier molecular flexibility index (Phi) is 4.21. The number of aryl methyl sites for hydroxylation is 1. The molecule has 0 spiro atoms. The zero-order chi connectivity index (χ0) is 20.2. The third-order valence-electron chi connectivity index (χ3n) is 7.15. The van der Waals surface area contributed by atoms with Gasteiger partial charge in [-0.2, -0.15) is 0 Å².